The molecular formula is C20H25N3O2. The summed E-state index contributed by atoms with van der Waals surface area (Å²) in [5.41, 5.74) is 3.21. The van der Waals surface area contributed by atoms with Crippen molar-refractivity contribution in [2.24, 2.45) is 0 Å². The van der Waals surface area contributed by atoms with Gasteiger partial charge in [-0.3, -0.25) is 4.98 Å². The van der Waals surface area contributed by atoms with Crippen LogP contribution in [0.5, 0.6) is 0 Å². The molecule has 1 fully saturated rings. The van der Waals surface area contributed by atoms with E-state index < -0.39 is 0 Å². The van der Waals surface area contributed by atoms with Crippen molar-refractivity contribution in [3.8, 4) is 0 Å². The molecule has 0 radical (unpaired) electrons. The number of urea groups is 1. The maximum atomic E-state index is 12.7. The zero-order valence-electron chi connectivity index (χ0n) is 14.6. The first kappa shape index (κ1) is 17.4. The number of hydrogen-bond acceptors (Lipinski definition) is 3. The van der Waals surface area contributed by atoms with Crippen molar-refractivity contribution >= 4 is 6.03 Å². The molecule has 2 atom stereocenters. The molecule has 1 aliphatic rings. The molecular weight excluding hydrogens is 314 g/mol. The zero-order valence-corrected chi connectivity index (χ0v) is 14.6. The number of aryl methyl sites for hydroxylation is 1. The number of carbonyl (C=O) groups is 1. The second-order valence-electron chi connectivity index (χ2n) is 6.62. The van der Waals surface area contributed by atoms with E-state index in [9.17, 15) is 9.90 Å². The molecule has 1 saturated heterocycles. The topological polar surface area (TPSA) is 65.5 Å². The van der Waals surface area contributed by atoms with Crippen LogP contribution in [0.1, 0.15) is 35.7 Å². The van der Waals surface area contributed by atoms with Crippen LogP contribution in [0.25, 0.3) is 0 Å². The molecule has 5 nitrogen and oxygen atoms in total. The summed E-state index contributed by atoms with van der Waals surface area (Å²) in [5, 5.41) is 12.6. The van der Waals surface area contributed by atoms with Crippen LogP contribution in [-0.4, -0.2) is 40.2 Å². The van der Waals surface area contributed by atoms with Crippen molar-refractivity contribution in [2.75, 3.05) is 13.2 Å². The third-order valence-corrected chi connectivity index (χ3v) is 4.75. The van der Waals surface area contributed by atoms with Gasteiger partial charge < -0.3 is 15.3 Å². The fraction of sp³-hybridized carbons (Fsp3) is 0.400. The molecule has 0 aliphatic carbocycles. The highest BCUT2D eigenvalue weighted by Crippen LogP contribution is 2.21. The highest BCUT2D eigenvalue weighted by atomic mass is 16.3. The van der Waals surface area contributed by atoms with Crippen LogP contribution in [-0.2, 0) is 6.42 Å². The van der Waals surface area contributed by atoms with Gasteiger partial charge in [-0.25, -0.2) is 4.79 Å². The number of aromatic nitrogens is 1. The lowest BCUT2D eigenvalue weighted by atomic mass is 10.0. The van der Waals surface area contributed by atoms with Gasteiger partial charge in [-0.05, 0) is 43.9 Å². The molecule has 0 spiro atoms. The summed E-state index contributed by atoms with van der Waals surface area (Å²) in [6, 6.07) is 13.7. The summed E-state index contributed by atoms with van der Waals surface area (Å²) in [4.78, 5) is 18.9. The SMILES string of the molecule is Cc1ccc(CC(NC(=O)N2CCCC2CO)c2ccccn2)cc1. The van der Waals surface area contributed by atoms with E-state index in [1.807, 2.05) is 18.2 Å². The Morgan fingerprint density at radius 3 is 2.80 bits per heavy atom. The molecule has 3 rings (SSSR count). The average molecular weight is 339 g/mol. The normalized spacial score (nSPS) is 18.2. The molecule has 1 aromatic heterocycles. The number of carbonyl (C=O) groups excluding carboxylic acids is 1. The maximum Gasteiger partial charge on any atom is 0.318 e. The largest absolute Gasteiger partial charge is 0.394 e. The Kier molecular flexibility index (Phi) is 5.66. The molecule has 132 valence electrons. The maximum absolute atomic E-state index is 12.7. The van der Waals surface area contributed by atoms with Gasteiger partial charge >= 0.3 is 6.03 Å². The smallest absolute Gasteiger partial charge is 0.318 e. The Bertz CT molecular complexity index is 688. The molecule has 2 N–H and O–H groups in total. The Hall–Kier alpha value is -2.40. The highest BCUT2D eigenvalue weighted by molar-refractivity contribution is 5.75. The number of aliphatic hydroxyl groups excluding tert-OH is 1. The number of hydrogen-bond donors (Lipinski definition) is 2. The van der Waals surface area contributed by atoms with Gasteiger partial charge in [0.15, 0.2) is 0 Å². The lowest BCUT2D eigenvalue weighted by Gasteiger charge is -2.27. The van der Waals surface area contributed by atoms with Crippen LogP contribution in [0, 0.1) is 6.92 Å². The minimum atomic E-state index is -0.198. The van der Waals surface area contributed by atoms with Crippen molar-refractivity contribution in [2.45, 2.75) is 38.3 Å². The lowest BCUT2D eigenvalue weighted by Crippen LogP contribution is -2.45. The Morgan fingerprint density at radius 1 is 1.32 bits per heavy atom. The number of benzene rings is 1. The van der Waals surface area contributed by atoms with Crippen molar-refractivity contribution in [1.82, 2.24) is 15.2 Å². The summed E-state index contributed by atoms with van der Waals surface area (Å²) in [6.07, 6.45) is 4.22. The van der Waals surface area contributed by atoms with Gasteiger partial charge in [0, 0.05) is 12.7 Å². The van der Waals surface area contributed by atoms with E-state index in [0.29, 0.717) is 13.0 Å². The van der Waals surface area contributed by atoms with Gasteiger partial charge in [0.1, 0.15) is 0 Å². The van der Waals surface area contributed by atoms with Gasteiger partial charge in [0.25, 0.3) is 0 Å². The van der Waals surface area contributed by atoms with Crippen LogP contribution < -0.4 is 5.32 Å². The number of rotatable bonds is 5. The number of aliphatic hydroxyl groups is 1. The van der Waals surface area contributed by atoms with E-state index >= 15 is 0 Å². The summed E-state index contributed by atoms with van der Waals surface area (Å²) in [5.74, 6) is 0. The summed E-state index contributed by atoms with van der Waals surface area (Å²) >= 11 is 0. The minimum Gasteiger partial charge on any atom is -0.394 e. The Balaban J connectivity index is 1.76. The summed E-state index contributed by atoms with van der Waals surface area (Å²) < 4.78 is 0. The third-order valence-electron chi connectivity index (χ3n) is 4.75. The molecule has 1 aliphatic heterocycles. The van der Waals surface area contributed by atoms with Gasteiger partial charge in [0.05, 0.1) is 24.4 Å². The number of amides is 2. The molecule has 5 heteroatoms. The van der Waals surface area contributed by atoms with Crippen molar-refractivity contribution in [3.63, 3.8) is 0 Å². The van der Waals surface area contributed by atoms with Gasteiger partial charge in [-0.2, -0.15) is 0 Å². The van der Waals surface area contributed by atoms with Crippen LogP contribution in [0.4, 0.5) is 4.79 Å². The molecule has 0 saturated carbocycles. The highest BCUT2D eigenvalue weighted by Gasteiger charge is 2.29. The standard InChI is InChI=1S/C20H25N3O2/c1-15-7-9-16(10-8-15)13-19(18-6-2-3-11-21-18)22-20(25)23-12-4-5-17(23)14-24/h2-3,6-11,17,19,24H,4-5,12-14H2,1H3,(H,22,25). The number of pyridine rings is 1. The molecule has 0 bridgehead atoms. The fourth-order valence-electron chi connectivity index (χ4n) is 3.30. The zero-order chi connectivity index (χ0) is 17.6. The van der Waals surface area contributed by atoms with Crippen molar-refractivity contribution in [1.29, 1.82) is 0 Å². The summed E-state index contributed by atoms with van der Waals surface area (Å²) in [6.45, 7) is 2.76. The molecule has 1 aromatic carbocycles. The first-order chi connectivity index (χ1) is 12.2. The summed E-state index contributed by atoms with van der Waals surface area (Å²) in [7, 11) is 0. The average Bonchev–Trinajstić information content (AvgIpc) is 3.12. The van der Waals surface area contributed by atoms with E-state index in [4.69, 9.17) is 0 Å². The van der Waals surface area contributed by atoms with Crippen molar-refractivity contribution in [3.05, 3.63) is 65.5 Å². The van der Waals surface area contributed by atoms with Crippen LogP contribution >= 0.6 is 0 Å². The van der Waals surface area contributed by atoms with Crippen LogP contribution in [0.15, 0.2) is 48.7 Å². The second-order valence-corrected chi connectivity index (χ2v) is 6.62. The van der Waals surface area contributed by atoms with Gasteiger partial charge in [-0.15, -0.1) is 0 Å². The Morgan fingerprint density at radius 2 is 2.12 bits per heavy atom. The predicted molar refractivity (Wildman–Crippen MR) is 97.2 cm³/mol. The van der Waals surface area contributed by atoms with Crippen LogP contribution in [0.3, 0.4) is 0 Å². The van der Waals surface area contributed by atoms with E-state index in [1.54, 1.807) is 11.1 Å². The number of likely N-dealkylation sites (tertiary alicyclic amines) is 1. The van der Waals surface area contributed by atoms with Gasteiger partial charge in [0.2, 0.25) is 0 Å². The molecule has 2 unspecified atom stereocenters. The molecule has 2 amide bonds. The predicted octanol–water partition coefficient (Wildman–Crippen LogP) is 2.84. The molecule has 2 aromatic rings. The van der Waals surface area contributed by atoms with E-state index in [0.717, 1.165) is 24.1 Å². The number of nitrogens with zero attached hydrogens (tertiary/aromatic N) is 2. The quantitative estimate of drug-likeness (QED) is 0.880. The van der Waals surface area contributed by atoms with E-state index in [-0.39, 0.29) is 24.7 Å². The van der Waals surface area contributed by atoms with Crippen molar-refractivity contribution < 1.29 is 9.90 Å². The van der Waals surface area contributed by atoms with Gasteiger partial charge in [-0.1, -0.05) is 35.9 Å². The van der Waals surface area contributed by atoms with E-state index in [1.165, 1.54) is 5.56 Å². The second kappa shape index (κ2) is 8.12. The minimum absolute atomic E-state index is 0.0135. The molecule has 2 heterocycles. The monoisotopic (exact) mass is 339 g/mol. The Labute approximate surface area is 148 Å². The van der Waals surface area contributed by atoms with Crippen LogP contribution in [0.2, 0.25) is 0 Å². The third kappa shape index (κ3) is 4.37. The van der Waals surface area contributed by atoms with E-state index in [2.05, 4.69) is 41.5 Å². The fourth-order valence-corrected chi connectivity index (χ4v) is 3.30. The first-order valence-corrected chi connectivity index (χ1v) is 8.82. The lowest BCUT2D eigenvalue weighted by molar-refractivity contribution is 0.154. The first-order valence-electron chi connectivity index (χ1n) is 8.82. The molecule has 25 heavy (non-hydrogen) atoms. The number of nitrogens with one attached hydrogen (secondary N) is 1.